The van der Waals surface area contributed by atoms with Crippen molar-refractivity contribution < 1.29 is 14.6 Å². The lowest BCUT2D eigenvalue weighted by molar-refractivity contribution is -0.139. The highest BCUT2D eigenvalue weighted by Gasteiger charge is 2.37. The Hall–Kier alpha value is -0.810. The summed E-state index contributed by atoms with van der Waals surface area (Å²) in [5.74, 6) is -0.242. The molecule has 1 aromatic carbocycles. The molecule has 1 aliphatic heterocycles. The predicted molar refractivity (Wildman–Crippen MR) is 99.8 cm³/mol. The van der Waals surface area contributed by atoms with Gasteiger partial charge in [-0.1, -0.05) is 32.3 Å². The number of carboxylic acids is 1. The quantitative estimate of drug-likeness (QED) is 0.520. The molecule has 0 fully saturated rings. The fourth-order valence-corrected chi connectivity index (χ4v) is 5.16. The summed E-state index contributed by atoms with van der Waals surface area (Å²) in [6.07, 6.45) is 9.02. The number of fused-ring (bicyclic) bond motifs is 1. The zero-order valence-electron chi connectivity index (χ0n) is 14.1. The second kappa shape index (κ2) is 8.34. The summed E-state index contributed by atoms with van der Waals surface area (Å²) in [5.41, 5.74) is 2.05. The van der Waals surface area contributed by atoms with E-state index in [1.807, 2.05) is 35.7 Å². The Kier molecular flexibility index (Phi) is 6.72. The zero-order valence-corrected chi connectivity index (χ0v) is 15.8. The Labute approximate surface area is 147 Å². The number of ether oxygens (including phenoxy) is 1. The highest BCUT2D eigenvalue weighted by atomic mass is 32.2. The second-order valence-electron chi connectivity index (χ2n) is 5.90. The van der Waals surface area contributed by atoms with Gasteiger partial charge in [-0.05, 0) is 36.6 Å². The number of aliphatic carboxylic acids is 1. The van der Waals surface area contributed by atoms with Crippen LogP contribution in [0.1, 0.15) is 56.1 Å². The predicted octanol–water partition coefficient (Wildman–Crippen LogP) is 5.10. The average Bonchev–Trinajstić information content (AvgIpc) is 2.57. The van der Waals surface area contributed by atoms with Crippen molar-refractivity contribution in [1.82, 2.24) is 0 Å². The van der Waals surface area contributed by atoms with Crippen LogP contribution in [0.3, 0.4) is 0 Å². The first kappa shape index (κ1) is 18.5. The largest absolute Gasteiger partial charge is 0.493 e. The minimum atomic E-state index is -0.725. The summed E-state index contributed by atoms with van der Waals surface area (Å²) in [6.45, 7) is 2.85. The van der Waals surface area contributed by atoms with Gasteiger partial charge in [0, 0.05) is 12.0 Å². The molecule has 5 heteroatoms. The normalized spacial score (nSPS) is 17.2. The summed E-state index contributed by atoms with van der Waals surface area (Å²) < 4.78 is 5.77. The van der Waals surface area contributed by atoms with E-state index < -0.39 is 11.9 Å². The van der Waals surface area contributed by atoms with Crippen LogP contribution in [0.2, 0.25) is 0 Å². The van der Waals surface area contributed by atoms with Crippen molar-refractivity contribution in [3.8, 4) is 5.75 Å². The van der Waals surface area contributed by atoms with E-state index in [2.05, 4.69) is 25.5 Å². The first-order valence-corrected chi connectivity index (χ1v) is 10.6. The Morgan fingerprint density at radius 2 is 2.09 bits per heavy atom. The molecule has 3 nitrogen and oxygen atoms in total. The Morgan fingerprint density at radius 1 is 1.35 bits per heavy atom. The first-order chi connectivity index (χ1) is 11.1. The first-order valence-electron chi connectivity index (χ1n) is 8.18. The van der Waals surface area contributed by atoms with Gasteiger partial charge >= 0.3 is 5.97 Å². The molecule has 0 amide bonds. The molecular formula is C18H26O3S2. The molecule has 128 valence electrons. The zero-order chi connectivity index (χ0) is 16.9. The standard InChI is InChI=1S/C18H26O3S2/c1-4-5-6-7-14(17(19)20)13-8-9-16-15(12-13)18(22-2,23-3)10-11-21-16/h8-9,12,14H,4-7,10-11H2,1-3H3,(H,19,20)/t14-/m0/s1. The number of thioether (sulfide) groups is 2. The number of carbonyl (C=O) groups is 1. The van der Waals surface area contributed by atoms with Crippen molar-refractivity contribution in [2.75, 3.05) is 19.1 Å². The fourth-order valence-electron chi connectivity index (χ4n) is 3.16. The van der Waals surface area contributed by atoms with Crippen molar-refractivity contribution in [3.05, 3.63) is 29.3 Å². The minimum Gasteiger partial charge on any atom is -0.493 e. The molecule has 1 heterocycles. The summed E-state index contributed by atoms with van der Waals surface area (Å²) in [4.78, 5) is 11.7. The Morgan fingerprint density at radius 3 is 2.70 bits per heavy atom. The number of benzene rings is 1. The summed E-state index contributed by atoms with van der Waals surface area (Å²) in [5, 5.41) is 9.63. The highest BCUT2D eigenvalue weighted by molar-refractivity contribution is 8.16. The van der Waals surface area contributed by atoms with Crippen LogP contribution >= 0.6 is 23.5 Å². The SMILES string of the molecule is CCCCC[C@H](C(=O)O)c1ccc2c(c1)C(SC)(SC)CCO2. The van der Waals surface area contributed by atoms with Gasteiger partial charge in [0.15, 0.2) is 0 Å². The van der Waals surface area contributed by atoms with Gasteiger partial charge in [-0.2, -0.15) is 0 Å². The molecule has 23 heavy (non-hydrogen) atoms. The van der Waals surface area contributed by atoms with E-state index in [-0.39, 0.29) is 4.08 Å². The van der Waals surface area contributed by atoms with E-state index in [9.17, 15) is 9.90 Å². The van der Waals surface area contributed by atoms with Gasteiger partial charge in [-0.15, -0.1) is 23.5 Å². The number of unbranched alkanes of at least 4 members (excludes halogenated alkanes) is 2. The molecule has 0 saturated heterocycles. The van der Waals surface area contributed by atoms with E-state index in [4.69, 9.17) is 4.74 Å². The third kappa shape index (κ3) is 4.00. The van der Waals surface area contributed by atoms with Crippen molar-refractivity contribution in [2.45, 2.75) is 49.0 Å². The van der Waals surface area contributed by atoms with E-state index in [0.29, 0.717) is 13.0 Å². The number of carboxylic acid groups (broad SMARTS) is 1. The van der Waals surface area contributed by atoms with Crippen LogP contribution < -0.4 is 4.74 Å². The van der Waals surface area contributed by atoms with Crippen LogP contribution in [-0.2, 0) is 8.87 Å². The molecule has 1 N–H and O–H groups in total. The van der Waals surface area contributed by atoms with Crippen molar-refractivity contribution in [3.63, 3.8) is 0 Å². The third-order valence-corrected chi connectivity index (χ3v) is 7.73. The summed E-state index contributed by atoms with van der Waals surface area (Å²) in [7, 11) is 0. The summed E-state index contributed by atoms with van der Waals surface area (Å²) in [6, 6.07) is 5.97. The highest BCUT2D eigenvalue weighted by Crippen LogP contribution is 2.53. The van der Waals surface area contributed by atoms with E-state index in [1.165, 1.54) is 0 Å². The molecule has 0 spiro atoms. The van der Waals surface area contributed by atoms with Gasteiger partial charge in [0.1, 0.15) is 5.75 Å². The molecular weight excluding hydrogens is 328 g/mol. The minimum absolute atomic E-state index is 0.0317. The monoisotopic (exact) mass is 354 g/mol. The molecule has 1 aliphatic rings. The number of hydrogen-bond acceptors (Lipinski definition) is 4. The summed E-state index contributed by atoms with van der Waals surface area (Å²) >= 11 is 3.64. The van der Waals surface area contributed by atoms with Crippen LogP contribution in [-0.4, -0.2) is 30.2 Å². The maximum Gasteiger partial charge on any atom is 0.310 e. The lowest BCUT2D eigenvalue weighted by atomic mass is 9.90. The molecule has 0 radical (unpaired) electrons. The fraction of sp³-hybridized carbons (Fsp3) is 0.611. The lowest BCUT2D eigenvalue weighted by Gasteiger charge is -2.36. The molecule has 1 aromatic rings. The Balaban J connectivity index is 2.35. The van der Waals surface area contributed by atoms with Gasteiger partial charge in [0.2, 0.25) is 0 Å². The van der Waals surface area contributed by atoms with E-state index >= 15 is 0 Å². The number of rotatable bonds is 8. The van der Waals surface area contributed by atoms with E-state index in [0.717, 1.165) is 42.6 Å². The van der Waals surface area contributed by atoms with Gasteiger partial charge < -0.3 is 9.84 Å². The second-order valence-corrected chi connectivity index (χ2v) is 8.37. The lowest BCUT2D eigenvalue weighted by Crippen LogP contribution is -2.27. The maximum atomic E-state index is 11.7. The smallest absolute Gasteiger partial charge is 0.310 e. The van der Waals surface area contributed by atoms with E-state index in [1.54, 1.807) is 0 Å². The molecule has 0 unspecified atom stereocenters. The Bertz CT molecular complexity index is 541. The molecule has 0 aliphatic carbocycles. The van der Waals surface area contributed by atoms with Crippen LogP contribution in [0, 0.1) is 0 Å². The van der Waals surface area contributed by atoms with Crippen LogP contribution in [0.15, 0.2) is 18.2 Å². The molecule has 0 aromatic heterocycles. The van der Waals surface area contributed by atoms with Gasteiger partial charge in [0.25, 0.3) is 0 Å². The molecule has 2 rings (SSSR count). The third-order valence-electron chi connectivity index (χ3n) is 4.56. The van der Waals surface area contributed by atoms with Gasteiger partial charge in [0.05, 0.1) is 16.6 Å². The van der Waals surface area contributed by atoms with Gasteiger partial charge in [-0.25, -0.2) is 0 Å². The average molecular weight is 355 g/mol. The van der Waals surface area contributed by atoms with Crippen LogP contribution in [0.25, 0.3) is 0 Å². The van der Waals surface area contributed by atoms with Crippen LogP contribution in [0.4, 0.5) is 0 Å². The maximum absolute atomic E-state index is 11.7. The molecule has 0 bridgehead atoms. The van der Waals surface area contributed by atoms with Crippen molar-refractivity contribution >= 4 is 29.5 Å². The molecule has 0 saturated carbocycles. The van der Waals surface area contributed by atoms with Gasteiger partial charge in [-0.3, -0.25) is 4.79 Å². The number of hydrogen-bond donors (Lipinski definition) is 1. The topological polar surface area (TPSA) is 46.5 Å². The van der Waals surface area contributed by atoms with Crippen LogP contribution in [0.5, 0.6) is 5.75 Å². The van der Waals surface area contributed by atoms with Crippen molar-refractivity contribution in [1.29, 1.82) is 0 Å². The molecule has 1 atom stereocenters. The van der Waals surface area contributed by atoms with Crippen molar-refractivity contribution in [2.24, 2.45) is 0 Å².